The molecule has 2 aliphatic heterocycles. The number of carbonyl (C=O) groups is 3. The van der Waals surface area contributed by atoms with E-state index >= 15 is 0 Å². The number of aliphatic hydroxyl groups excluding tert-OH is 1. The van der Waals surface area contributed by atoms with Crippen LogP contribution in [0.15, 0.2) is 48.5 Å². The molecule has 1 unspecified atom stereocenters. The number of rotatable bonds is 8. The van der Waals surface area contributed by atoms with E-state index in [9.17, 15) is 19.5 Å². The molecule has 5 N–H and O–H groups in total. The van der Waals surface area contributed by atoms with Crippen molar-refractivity contribution >= 4 is 35.1 Å². The number of aliphatic hydroxyl groups is 1. The molecule has 0 bridgehead atoms. The zero-order valence-electron chi connectivity index (χ0n) is 22.0. The maximum atomic E-state index is 13.1. The smallest absolute Gasteiger partial charge is 0.256 e. The Hall–Kier alpha value is -4.21. The maximum absolute atomic E-state index is 13.1. The van der Waals surface area contributed by atoms with E-state index in [-0.39, 0.29) is 30.4 Å². The molecule has 3 amide bonds. The van der Waals surface area contributed by atoms with Crippen LogP contribution in [0.4, 0.5) is 5.69 Å². The molecule has 2 atom stereocenters. The van der Waals surface area contributed by atoms with Crippen molar-refractivity contribution in [1.82, 2.24) is 15.6 Å². The molecular formula is C30H32N4O5. The van der Waals surface area contributed by atoms with Gasteiger partial charge >= 0.3 is 0 Å². The van der Waals surface area contributed by atoms with Crippen molar-refractivity contribution in [3.63, 3.8) is 0 Å². The van der Waals surface area contributed by atoms with Crippen molar-refractivity contribution in [2.24, 2.45) is 0 Å². The Morgan fingerprint density at radius 2 is 1.95 bits per heavy atom. The van der Waals surface area contributed by atoms with E-state index in [2.05, 4.69) is 20.9 Å². The number of fused-ring (bicyclic) bond motifs is 1. The third-order valence-corrected chi connectivity index (χ3v) is 7.26. The van der Waals surface area contributed by atoms with E-state index in [0.29, 0.717) is 45.9 Å². The van der Waals surface area contributed by atoms with Gasteiger partial charge in [0.25, 0.3) is 17.7 Å². The van der Waals surface area contributed by atoms with Gasteiger partial charge in [-0.3, -0.25) is 14.4 Å². The van der Waals surface area contributed by atoms with Crippen LogP contribution in [-0.2, 0) is 9.53 Å². The standard InChI is InChI=1S/C30H32N4O5/c1-17-25(32-18(2)27(17)30(38)31-15-21-9-6-12-39-21)14-23-22-13-20(10-11-24(22)33-29(23)37)28(36)34-26(16-35)19-7-4-3-5-8-19/h3-5,7-8,10-11,13-14,21,26,32,35H,6,9,12,15-16H2,1-2H3,(H,31,38)(H,33,37)(H,34,36)/b23-14-/t21?,26-/m1/s1. The molecule has 0 spiro atoms. The highest BCUT2D eigenvalue weighted by Crippen LogP contribution is 2.35. The lowest BCUT2D eigenvalue weighted by Crippen LogP contribution is -2.32. The summed E-state index contributed by atoms with van der Waals surface area (Å²) in [4.78, 5) is 42.1. The van der Waals surface area contributed by atoms with Gasteiger partial charge in [-0.2, -0.15) is 0 Å². The fourth-order valence-electron chi connectivity index (χ4n) is 5.14. The quantitative estimate of drug-likeness (QED) is 0.286. The highest BCUT2D eigenvalue weighted by atomic mass is 16.5. The zero-order chi connectivity index (χ0) is 27.5. The molecule has 202 valence electrons. The molecular weight excluding hydrogens is 496 g/mol. The number of hydrogen-bond acceptors (Lipinski definition) is 5. The van der Waals surface area contributed by atoms with Crippen LogP contribution in [0.1, 0.15) is 67.7 Å². The number of aromatic amines is 1. The Morgan fingerprint density at radius 3 is 2.67 bits per heavy atom. The van der Waals surface area contributed by atoms with Crippen molar-refractivity contribution in [3.05, 3.63) is 87.7 Å². The Morgan fingerprint density at radius 1 is 1.15 bits per heavy atom. The lowest BCUT2D eigenvalue weighted by molar-refractivity contribution is -0.110. The zero-order valence-corrected chi connectivity index (χ0v) is 22.0. The summed E-state index contributed by atoms with van der Waals surface area (Å²) < 4.78 is 5.60. The Bertz CT molecular complexity index is 1440. The number of hydrogen-bond donors (Lipinski definition) is 5. The molecule has 39 heavy (non-hydrogen) atoms. The molecule has 5 rings (SSSR count). The molecule has 0 radical (unpaired) electrons. The summed E-state index contributed by atoms with van der Waals surface area (Å²) in [6.45, 7) is 4.60. The third kappa shape index (κ3) is 5.50. The summed E-state index contributed by atoms with van der Waals surface area (Å²) in [5, 5.41) is 18.5. The van der Waals surface area contributed by atoms with Crippen molar-refractivity contribution in [2.75, 3.05) is 25.1 Å². The first kappa shape index (κ1) is 26.4. The van der Waals surface area contributed by atoms with Gasteiger partial charge in [0.05, 0.1) is 29.9 Å². The van der Waals surface area contributed by atoms with Crippen LogP contribution < -0.4 is 16.0 Å². The molecule has 1 fully saturated rings. The van der Waals surface area contributed by atoms with Gasteiger partial charge in [-0.15, -0.1) is 0 Å². The van der Waals surface area contributed by atoms with Gasteiger partial charge in [0, 0.05) is 41.4 Å². The first-order valence-electron chi connectivity index (χ1n) is 13.1. The second-order valence-electron chi connectivity index (χ2n) is 9.90. The second-order valence-corrected chi connectivity index (χ2v) is 9.90. The van der Waals surface area contributed by atoms with Gasteiger partial charge in [-0.1, -0.05) is 30.3 Å². The highest BCUT2D eigenvalue weighted by molar-refractivity contribution is 6.35. The number of ether oxygens (including phenoxy) is 1. The Labute approximate surface area is 226 Å². The molecule has 0 aliphatic carbocycles. The minimum absolute atomic E-state index is 0.0422. The summed E-state index contributed by atoms with van der Waals surface area (Å²) in [7, 11) is 0. The minimum Gasteiger partial charge on any atom is -0.394 e. The van der Waals surface area contributed by atoms with Crippen molar-refractivity contribution in [2.45, 2.75) is 38.8 Å². The van der Waals surface area contributed by atoms with E-state index in [1.54, 1.807) is 24.3 Å². The van der Waals surface area contributed by atoms with Gasteiger partial charge in [-0.25, -0.2) is 0 Å². The van der Waals surface area contributed by atoms with E-state index in [0.717, 1.165) is 30.6 Å². The number of aromatic nitrogens is 1. The van der Waals surface area contributed by atoms with Crippen LogP contribution >= 0.6 is 0 Å². The number of benzene rings is 2. The van der Waals surface area contributed by atoms with Crippen LogP contribution in [0.3, 0.4) is 0 Å². The molecule has 1 aromatic heterocycles. The SMILES string of the molecule is Cc1[nH]c(/C=C2\C(=O)Nc3ccc(C(=O)N[C@H](CO)c4ccccc4)cc32)c(C)c1C(=O)NCC1CCCO1. The minimum atomic E-state index is -0.559. The molecule has 2 aliphatic rings. The third-order valence-electron chi connectivity index (χ3n) is 7.26. The van der Waals surface area contributed by atoms with E-state index in [1.165, 1.54) is 0 Å². The predicted molar refractivity (Wildman–Crippen MR) is 148 cm³/mol. The van der Waals surface area contributed by atoms with Crippen molar-refractivity contribution in [1.29, 1.82) is 0 Å². The van der Waals surface area contributed by atoms with Gasteiger partial charge in [-0.05, 0) is 62.1 Å². The van der Waals surface area contributed by atoms with Gasteiger partial charge < -0.3 is 30.8 Å². The lowest BCUT2D eigenvalue weighted by Gasteiger charge is -2.17. The first-order chi connectivity index (χ1) is 18.9. The summed E-state index contributed by atoms with van der Waals surface area (Å²) in [6, 6.07) is 13.7. The van der Waals surface area contributed by atoms with Gasteiger partial charge in [0.2, 0.25) is 0 Å². The van der Waals surface area contributed by atoms with E-state index in [1.807, 2.05) is 44.2 Å². The summed E-state index contributed by atoms with van der Waals surface area (Å²) >= 11 is 0. The molecule has 2 aromatic carbocycles. The number of carbonyl (C=O) groups excluding carboxylic acids is 3. The molecule has 3 heterocycles. The topological polar surface area (TPSA) is 133 Å². The number of aryl methyl sites for hydroxylation is 1. The fourth-order valence-corrected chi connectivity index (χ4v) is 5.14. The van der Waals surface area contributed by atoms with E-state index < -0.39 is 6.04 Å². The summed E-state index contributed by atoms with van der Waals surface area (Å²) in [6.07, 6.45) is 3.69. The van der Waals surface area contributed by atoms with Crippen LogP contribution in [0.2, 0.25) is 0 Å². The monoisotopic (exact) mass is 528 g/mol. The lowest BCUT2D eigenvalue weighted by atomic mass is 10.0. The van der Waals surface area contributed by atoms with Gasteiger partial charge in [0.15, 0.2) is 0 Å². The van der Waals surface area contributed by atoms with Crippen LogP contribution in [0.25, 0.3) is 11.6 Å². The van der Waals surface area contributed by atoms with Gasteiger partial charge in [0.1, 0.15) is 0 Å². The summed E-state index contributed by atoms with van der Waals surface area (Å²) in [5.41, 5.74) is 5.34. The second kappa shape index (κ2) is 11.3. The normalized spacial score (nSPS) is 18.1. The largest absolute Gasteiger partial charge is 0.394 e. The molecule has 9 nitrogen and oxygen atoms in total. The van der Waals surface area contributed by atoms with Crippen molar-refractivity contribution < 1.29 is 24.2 Å². The Balaban J connectivity index is 1.38. The van der Waals surface area contributed by atoms with E-state index in [4.69, 9.17) is 4.74 Å². The van der Waals surface area contributed by atoms with Crippen LogP contribution in [0, 0.1) is 13.8 Å². The maximum Gasteiger partial charge on any atom is 0.256 e. The average Bonchev–Trinajstić information content (AvgIpc) is 3.64. The highest BCUT2D eigenvalue weighted by Gasteiger charge is 2.27. The molecule has 3 aromatic rings. The number of anilines is 1. The molecule has 1 saturated heterocycles. The predicted octanol–water partition coefficient (Wildman–Crippen LogP) is 3.50. The van der Waals surface area contributed by atoms with Crippen LogP contribution in [-0.4, -0.2) is 53.7 Å². The number of amides is 3. The van der Waals surface area contributed by atoms with Crippen molar-refractivity contribution in [3.8, 4) is 0 Å². The average molecular weight is 529 g/mol. The Kier molecular flexibility index (Phi) is 7.63. The molecule has 0 saturated carbocycles. The summed E-state index contributed by atoms with van der Waals surface area (Å²) in [5.74, 6) is -0.846. The number of nitrogens with one attached hydrogen (secondary N) is 4. The molecule has 9 heteroatoms. The first-order valence-corrected chi connectivity index (χ1v) is 13.1. The van der Waals surface area contributed by atoms with Crippen LogP contribution in [0.5, 0.6) is 0 Å². The number of H-pyrrole nitrogens is 1. The fraction of sp³-hybridized carbons (Fsp3) is 0.300.